The molecule has 0 aliphatic heterocycles. The largest absolute Gasteiger partial charge is 0.407 e. The summed E-state index contributed by atoms with van der Waals surface area (Å²) in [6.07, 6.45) is 3.69. The van der Waals surface area contributed by atoms with Gasteiger partial charge in [0.2, 0.25) is 5.89 Å². The van der Waals surface area contributed by atoms with Crippen molar-refractivity contribution >= 4 is 6.01 Å². The summed E-state index contributed by atoms with van der Waals surface area (Å²) in [6, 6.07) is 1.06. The van der Waals surface area contributed by atoms with Gasteiger partial charge in [0.05, 0.1) is 13.2 Å². The minimum absolute atomic E-state index is 0.523. The van der Waals surface area contributed by atoms with Crippen molar-refractivity contribution < 1.29 is 9.15 Å². The molecule has 1 heterocycles. The van der Waals surface area contributed by atoms with Crippen molar-refractivity contribution in [1.29, 1.82) is 0 Å². The van der Waals surface area contributed by atoms with E-state index in [1.165, 1.54) is 19.3 Å². The lowest BCUT2D eigenvalue weighted by Gasteiger charge is -2.24. The second kappa shape index (κ2) is 5.81. The zero-order valence-corrected chi connectivity index (χ0v) is 9.53. The topological polar surface area (TPSA) is 72.2 Å². The number of ether oxygens (including phenoxy) is 1. The summed E-state index contributed by atoms with van der Waals surface area (Å²) in [7, 11) is 1.68. The summed E-state index contributed by atoms with van der Waals surface area (Å²) in [5.74, 6) is 0.609. The number of hydrogen-bond donors (Lipinski definition) is 2. The van der Waals surface area contributed by atoms with Gasteiger partial charge in [0.1, 0.15) is 0 Å². The molecule has 6 heteroatoms. The van der Waals surface area contributed by atoms with E-state index in [1.54, 1.807) is 7.11 Å². The van der Waals surface area contributed by atoms with Gasteiger partial charge >= 0.3 is 6.01 Å². The molecule has 0 aromatic carbocycles. The Morgan fingerprint density at radius 1 is 1.44 bits per heavy atom. The maximum atomic E-state index is 5.43. The molecule has 1 aliphatic carbocycles. The Labute approximate surface area is 94.8 Å². The molecule has 2 rings (SSSR count). The van der Waals surface area contributed by atoms with Crippen molar-refractivity contribution in [2.24, 2.45) is 0 Å². The zero-order valence-electron chi connectivity index (χ0n) is 9.53. The van der Waals surface area contributed by atoms with E-state index in [0.29, 0.717) is 31.1 Å². The second-order valence-electron chi connectivity index (χ2n) is 3.94. The Morgan fingerprint density at radius 3 is 3.00 bits per heavy atom. The van der Waals surface area contributed by atoms with Gasteiger partial charge in [-0.15, -0.1) is 5.10 Å². The predicted molar refractivity (Wildman–Crippen MR) is 59.1 cm³/mol. The minimum Gasteiger partial charge on any atom is -0.407 e. The highest BCUT2D eigenvalue weighted by Crippen LogP contribution is 2.22. The van der Waals surface area contributed by atoms with Crippen LogP contribution in [0, 0.1) is 0 Å². The summed E-state index contributed by atoms with van der Waals surface area (Å²) in [4.78, 5) is 0. The van der Waals surface area contributed by atoms with Gasteiger partial charge in [-0.1, -0.05) is 5.10 Å². The Kier molecular flexibility index (Phi) is 4.12. The normalized spacial score (nSPS) is 16.1. The van der Waals surface area contributed by atoms with Gasteiger partial charge in [-0.05, 0) is 19.3 Å². The van der Waals surface area contributed by atoms with Crippen molar-refractivity contribution in [2.75, 3.05) is 25.6 Å². The molecule has 1 aromatic rings. The molecule has 0 saturated heterocycles. The second-order valence-corrected chi connectivity index (χ2v) is 3.94. The van der Waals surface area contributed by atoms with Gasteiger partial charge in [0.25, 0.3) is 0 Å². The number of rotatable bonds is 7. The maximum Gasteiger partial charge on any atom is 0.315 e. The van der Waals surface area contributed by atoms with Crippen molar-refractivity contribution in [3.63, 3.8) is 0 Å². The first-order valence-electron chi connectivity index (χ1n) is 5.67. The molecule has 0 atom stereocenters. The molecule has 1 fully saturated rings. The Balaban J connectivity index is 1.69. The fourth-order valence-corrected chi connectivity index (χ4v) is 1.48. The Morgan fingerprint density at radius 2 is 2.31 bits per heavy atom. The van der Waals surface area contributed by atoms with E-state index < -0.39 is 0 Å². The fraction of sp³-hybridized carbons (Fsp3) is 0.800. The lowest BCUT2D eigenvalue weighted by molar-refractivity contribution is 0.198. The molecule has 0 spiro atoms. The smallest absolute Gasteiger partial charge is 0.315 e. The standard InChI is InChI=1S/C10H18N4O2/c1-15-6-5-11-7-9-13-14-10(16-9)12-8-3-2-4-8/h8,11H,2-7H2,1H3,(H,12,14). The Hall–Kier alpha value is -1.14. The van der Waals surface area contributed by atoms with E-state index in [2.05, 4.69) is 20.8 Å². The van der Waals surface area contributed by atoms with Gasteiger partial charge < -0.3 is 19.8 Å². The predicted octanol–water partition coefficient (Wildman–Crippen LogP) is 0.770. The van der Waals surface area contributed by atoms with E-state index >= 15 is 0 Å². The number of anilines is 1. The highest BCUT2D eigenvalue weighted by molar-refractivity contribution is 5.20. The van der Waals surface area contributed by atoms with E-state index in [0.717, 1.165) is 6.54 Å². The molecule has 1 saturated carbocycles. The third kappa shape index (κ3) is 3.18. The molecule has 0 amide bonds. The summed E-state index contributed by atoms with van der Waals surface area (Å²) in [6.45, 7) is 2.05. The van der Waals surface area contributed by atoms with Crippen LogP contribution in [0.2, 0.25) is 0 Å². The summed E-state index contributed by atoms with van der Waals surface area (Å²) in [5, 5.41) is 14.2. The van der Waals surface area contributed by atoms with Crippen LogP contribution in [0.15, 0.2) is 4.42 Å². The number of hydrogen-bond acceptors (Lipinski definition) is 6. The number of methoxy groups -OCH3 is 1. The number of nitrogens with one attached hydrogen (secondary N) is 2. The van der Waals surface area contributed by atoms with Crippen LogP contribution in [-0.4, -0.2) is 36.5 Å². The first-order valence-corrected chi connectivity index (χ1v) is 5.67. The highest BCUT2D eigenvalue weighted by atomic mass is 16.5. The lowest BCUT2D eigenvalue weighted by Crippen LogP contribution is -2.27. The average molecular weight is 226 g/mol. The fourth-order valence-electron chi connectivity index (χ4n) is 1.48. The third-order valence-corrected chi connectivity index (χ3v) is 2.66. The van der Waals surface area contributed by atoms with Crippen molar-refractivity contribution in [3.05, 3.63) is 5.89 Å². The number of aromatic nitrogens is 2. The highest BCUT2D eigenvalue weighted by Gasteiger charge is 2.19. The molecule has 2 N–H and O–H groups in total. The lowest BCUT2D eigenvalue weighted by atomic mass is 9.93. The monoisotopic (exact) mass is 226 g/mol. The van der Waals surface area contributed by atoms with E-state index in [1.807, 2.05) is 0 Å². The average Bonchev–Trinajstić information content (AvgIpc) is 2.67. The van der Waals surface area contributed by atoms with Crippen LogP contribution in [0.1, 0.15) is 25.2 Å². The van der Waals surface area contributed by atoms with Crippen molar-refractivity contribution in [2.45, 2.75) is 31.8 Å². The molecule has 0 bridgehead atoms. The third-order valence-electron chi connectivity index (χ3n) is 2.66. The maximum absolute atomic E-state index is 5.43. The molecular weight excluding hydrogens is 208 g/mol. The molecular formula is C10H18N4O2. The van der Waals surface area contributed by atoms with Gasteiger partial charge in [0.15, 0.2) is 0 Å². The molecule has 0 unspecified atom stereocenters. The van der Waals surface area contributed by atoms with Crippen LogP contribution in [0.4, 0.5) is 6.01 Å². The van der Waals surface area contributed by atoms with Crippen LogP contribution >= 0.6 is 0 Å². The summed E-state index contributed by atoms with van der Waals surface area (Å²) < 4.78 is 10.4. The van der Waals surface area contributed by atoms with Crippen molar-refractivity contribution in [3.8, 4) is 0 Å². The summed E-state index contributed by atoms with van der Waals surface area (Å²) in [5.41, 5.74) is 0. The van der Waals surface area contributed by atoms with Gasteiger partial charge in [-0.3, -0.25) is 0 Å². The molecule has 6 nitrogen and oxygen atoms in total. The van der Waals surface area contributed by atoms with E-state index in [4.69, 9.17) is 9.15 Å². The Bertz CT molecular complexity index is 312. The van der Waals surface area contributed by atoms with Crippen LogP contribution in [0.25, 0.3) is 0 Å². The van der Waals surface area contributed by atoms with Crippen LogP contribution in [0.3, 0.4) is 0 Å². The minimum atomic E-state index is 0.523. The van der Waals surface area contributed by atoms with Gasteiger partial charge in [-0.2, -0.15) is 0 Å². The summed E-state index contributed by atoms with van der Waals surface area (Å²) >= 11 is 0. The molecule has 0 radical (unpaired) electrons. The van der Waals surface area contributed by atoms with Crippen LogP contribution < -0.4 is 10.6 Å². The zero-order chi connectivity index (χ0) is 11.2. The SMILES string of the molecule is COCCNCc1nnc(NC2CCC2)o1. The first kappa shape index (κ1) is 11.3. The number of nitrogens with zero attached hydrogens (tertiary/aromatic N) is 2. The molecule has 90 valence electrons. The van der Waals surface area contributed by atoms with E-state index in [9.17, 15) is 0 Å². The van der Waals surface area contributed by atoms with E-state index in [-0.39, 0.29) is 0 Å². The van der Waals surface area contributed by atoms with Gasteiger partial charge in [0, 0.05) is 19.7 Å². The molecule has 16 heavy (non-hydrogen) atoms. The van der Waals surface area contributed by atoms with Crippen molar-refractivity contribution in [1.82, 2.24) is 15.5 Å². The molecule has 1 aliphatic rings. The van der Waals surface area contributed by atoms with Gasteiger partial charge in [-0.25, -0.2) is 0 Å². The van der Waals surface area contributed by atoms with Crippen LogP contribution in [-0.2, 0) is 11.3 Å². The molecule has 1 aromatic heterocycles. The first-order chi connectivity index (χ1) is 7.88. The van der Waals surface area contributed by atoms with Crippen LogP contribution in [0.5, 0.6) is 0 Å². The quantitative estimate of drug-likeness (QED) is 0.669.